The van der Waals surface area contributed by atoms with Crippen molar-refractivity contribution < 1.29 is 15.1 Å². The smallest absolute Gasteiger partial charge is 0.0891 e. The van der Waals surface area contributed by atoms with Gasteiger partial charge in [-0.2, -0.15) is 0 Å². The molecular formula is C32H36NO2+2. The number of unbranched alkanes of at least 4 members (excludes halogenated alkanes) is 8. The van der Waals surface area contributed by atoms with Gasteiger partial charge in [-0.25, -0.2) is 0 Å². The lowest BCUT2D eigenvalue weighted by molar-refractivity contribution is -0.883. The highest BCUT2D eigenvalue weighted by molar-refractivity contribution is 5.89. The van der Waals surface area contributed by atoms with Gasteiger partial charge in [0.05, 0.1) is 4.79 Å². The molecule has 0 unspecified atom stereocenters. The summed E-state index contributed by atoms with van der Waals surface area (Å²) in [6.45, 7) is 2.82. The minimum Gasteiger partial charge on any atom is -0.0891 e. The third-order valence-corrected chi connectivity index (χ3v) is 6.01. The first-order valence-electron chi connectivity index (χ1n) is 12.9. The summed E-state index contributed by atoms with van der Waals surface area (Å²) in [6.07, 6.45) is 11.4. The highest BCUT2D eigenvalue weighted by Crippen LogP contribution is 2.17. The van der Waals surface area contributed by atoms with Crippen LogP contribution in [0.25, 0.3) is 10.8 Å². The van der Waals surface area contributed by atoms with Gasteiger partial charge in [0, 0.05) is 17.5 Å². The molecule has 0 atom stereocenters. The van der Waals surface area contributed by atoms with Crippen molar-refractivity contribution in [2.45, 2.75) is 71.3 Å². The lowest BCUT2D eigenvalue weighted by Gasteiger charge is -2.02. The van der Waals surface area contributed by atoms with E-state index < -0.39 is 0 Å². The minimum atomic E-state index is -0.366. The highest BCUT2D eigenvalue weighted by Gasteiger charge is 2.24. The zero-order valence-corrected chi connectivity index (χ0v) is 20.8. The predicted molar refractivity (Wildman–Crippen MR) is 143 cm³/mol. The van der Waals surface area contributed by atoms with Crippen LogP contribution >= 0.6 is 0 Å². The molecule has 0 heterocycles. The first-order valence-corrected chi connectivity index (χ1v) is 12.9. The van der Waals surface area contributed by atoms with Crippen LogP contribution in [0.3, 0.4) is 0 Å². The third kappa shape index (κ3) is 9.32. The van der Waals surface area contributed by atoms with Crippen LogP contribution in [-0.4, -0.2) is 5.97 Å². The number of fused-ring (bicyclic) bond motifs is 1. The standard InChI is InChI=1S/C32H35NO2/c1-2-3-4-5-6-7-8-9-10-11-12-13-17-27-22-24-29(25-23-27)32(34)35-33-26-30-20-16-19-28-18-14-15-21-31(28)30/h14-16,18-25,33H,2-10,26H2,1H3/q+1/p+1. The minimum absolute atomic E-state index is 0.366. The average molecular weight is 467 g/mol. The van der Waals surface area contributed by atoms with E-state index in [0.717, 1.165) is 24.0 Å². The fraction of sp³-hybridized carbons (Fsp3) is 0.344. The normalized spacial score (nSPS) is 10.2. The van der Waals surface area contributed by atoms with Crippen molar-refractivity contribution in [3.05, 3.63) is 83.4 Å². The fourth-order valence-corrected chi connectivity index (χ4v) is 3.99. The molecule has 0 aliphatic heterocycles. The number of benzene rings is 3. The maximum absolute atomic E-state index is 12.4. The van der Waals surface area contributed by atoms with E-state index in [1.807, 2.05) is 30.3 Å². The van der Waals surface area contributed by atoms with Gasteiger partial charge in [-0.05, 0) is 53.3 Å². The van der Waals surface area contributed by atoms with Gasteiger partial charge >= 0.3 is 5.97 Å². The van der Waals surface area contributed by atoms with Crippen molar-refractivity contribution in [1.29, 1.82) is 0 Å². The molecule has 0 spiro atoms. The number of carbonyl (C=O) groups excluding carboxylic acids is 1. The maximum atomic E-state index is 12.4. The zero-order chi connectivity index (χ0) is 24.6. The molecule has 0 aromatic heterocycles. The monoisotopic (exact) mass is 466 g/mol. The maximum Gasteiger partial charge on any atom is 0.669 e. The van der Waals surface area contributed by atoms with Gasteiger partial charge in [-0.15, -0.1) is 0 Å². The second-order valence-electron chi connectivity index (χ2n) is 8.77. The van der Waals surface area contributed by atoms with E-state index in [1.165, 1.54) is 55.7 Å². The van der Waals surface area contributed by atoms with E-state index in [-0.39, 0.29) is 5.97 Å². The van der Waals surface area contributed by atoms with E-state index in [2.05, 4.69) is 54.9 Å². The Morgan fingerprint density at radius 2 is 1.51 bits per heavy atom. The quantitative estimate of drug-likeness (QED) is 0.142. The molecule has 0 fully saturated rings. The number of hydrogen-bond donors (Lipinski definition) is 1. The Labute approximate surface area is 210 Å². The van der Waals surface area contributed by atoms with Gasteiger partial charge in [0.15, 0.2) is 6.54 Å². The number of hydroxylamine groups is 1. The van der Waals surface area contributed by atoms with E-state index in [0.29, 0.717) is 12.1 Å². The number of quaternary nitrogens is 1. The van der Waals surface area contributed by atoms with Crippen LogP contribution in [0.5, 0.6) is 0 Å². The number of nitrogens with two attached hydrogens (primary N) is 1. The Balaban J connectivity index is 1.36. The molecule has 35 heavy (non-hydrogen) atoms. The second-order valence-corrected chi connectivity index (χ2v) is 8.77. The van der Waals surface area contributed by atoms with Gasteiger partial charge in [0.25, 0.3) is 0 Å². The summed E-state index contributed by atoms with van der Waals surface area (Å²) in [5.74, 6) is 11.7. The first-order chi connectivity index (χ1) is 17.3. The van der Waals surface area contributed by atoms with Crippen molar-refractivity contribution in [2.24, 2.45) is 0 Å². The number of rotatable bonds is 12. The van der Waals surface area contributed by atoms with E-state index in [1.54, 1.807) is 17.6 Å². The summed E-state index contributed by atoms with van der Waals surface area (Å²) in [5, 5.41) is 2.35. The van der Waals surface area contributed by atoms with E-state index >= 15 is 0 Å². The molecule has 2 N–H and O–H groups in total. The van der Waals surface area contributed by atoms with E-state index in [4.69, 9.17) is 4.84 Å². The van der Waals surface area contributed by atoms with Gasteiger partial charge in [0.2, 0.25) is 0 Å². The molecule has 0 saturated carbocycles. The van der Waals surface area contributed by atoms with Crippen molar-refractivity contribution >= 4 is 16.7 Å². The molecule has 1 radical (unpaired) electrons. The van der Waals surface area contributed by atoms with Crippen LogP contribution in [0.2, 0.25) is 0 Å². The second kappa shape index (κ2) is 15.4. The molecular weight excluding hydrogens is 430 g/mol. The van der Waals surface area contributed by atoms with Crippen LogP contribution < -0.4 is 5.48 Å². The molecule has 0 bridgehead atoms. The third-order valence-electron chi connectivity index (χ3n) is 6.01. The van der Waals surface area contributed by atoms with Gasteiger partial charge < -0.3 is 0 Å². The summed E-state index contributed by atoms with van der Waals surface area (Å²) in [7, 11) is 0. The molecule has 3 rings (SSSR count). The molecule has 179 valence electrons. The average Bonchev–Trinajstić information content (AvgIpc) is 2.90. The SMILES string of the molecule is CCCCCCCCCCC#CC#Cc1ccc(C(=[O+])O[NH2+]Cc2cccc3ccccc23)cc1. The van der Waals surface area contributed by atoms with Gasteiger partial charge in [-0.3, -0.25) is 0 Å². The van der Waals surface area contributed by atoms with Crippen molar-refractivity contribution in [2.75, 3.05) is 0 Å². The van der Waals surface area contributed by atoms with Crippen LogP contribution in [0.1, 0.15) is 86.2 Å². The van der Waals surface area contributed by atoms with Crippen molar-refractivity contribution in [1.82, 2.24) is 0 Å². The van der Waals surface area contributed by atoms with Gasteiger partial charge in [-0.1, -0.05) is 116 Å². The van der Waals surface area contributed by atoms with E-state index in [9.17, 15) is 4.79 Å². The molecule has 3 heteroatoms. The summed E-state index contributed by atoms with van der Waals surface area (Å²) < 4.78 is 0. The largest absolute Gasteiger partial charge is 0.669 e. The number of hydrogen-bond acceptors (Lipinski definition) is 2. The summed E-state index contributed by atoms with van der Waals surface area (Å²) in [4.78, 5) is 17.7. The molecule has 0 aliphatic rings. The Bertz CT molecular complexity index is 1180. The lowest BCUT2D eigenvalue weighted by Crippen LogP contribution is -2.82. The Kier molecular flexibility index (Phi) is 11.5. The summed E-state index contributed by atoms with van der Waals surface area (Å²) in [5.41, 5.74) is 4.04. The predicted octanol–water partition coefficient (Wildman–Crippen LogP) is 6.56. The molecule has 0 aliphatic carbocycles. The molecule has 3 aromatic rings. The van der Waals surface area contributed by atoms with Gasteiger partial charge in [0.1, 0.15) is 5.56 Å². The molecule has 0 amide bonds. The van der Waals surface area contributed by atoms with Crippen LogP contribution in [0.15, 0.2) is 66.7 Å². The van der Waals surface area contributed by atoms with Crippen LogP contribution in [0, 0.1) is 23.7 Å². The topological polar surface area (TPSA) is 45.7 Å². The number of carbonyl (C=O) groups is 1. The Morgan fingerprint density at radius 3 is 2.31 bits per heavy atom. The lowest BCUT2D eigenvalue weighted by atomic mass is 10.1. The molecule has 3 nitrogen and oxygen atoms in total. The first kappa shape index (κ1) is 26.1. The molecule has 0 saturated heterocycles. The van der Waals surface area contributed by atoms with Crippen molar-refractivity contribution in [3.63, 3.8) is 0 Å². The fourth-order valence-electron chi connectivity index (χ4n) is 3.99. The Morgan fingerprint density at radius 1 is 0.800 bits per heavy atom. The Hall–Kier alpha value is -3.53. The van der Waals surface area contributed by atoms with Crippen LogP contribution in [0.4, 0.5) is 0 Å². The summed E-state index contributed by atoms with van der Waals surface area (Å²) in [6, 6.07) is 21.5. The van der Waals surface area contributed by atoms with Crippen LogP contribution in [-0.2, 0) is 11.4 Å². The zero-order valence-electron chi connectivity index (χ0n) is 20.8. The summed E-state index contributed by atoms with van der Waals surface area (Å²) >= 11 is 0. The highest BCUT2D eigenvalue weighted by atomic mass is 16.7. The van der Waals surface area contributed by atoms with Crippen molar-refractivity contribution in [3.8, 4) is 23.7 Å². The molecule has 3 aromatic carbocycles.